The minimum atomic E-state index is -0.869. The average molecular weight is 488 g/mol. The van der Waals surface area contributed by atoms with Gasteiger partial charge in [0.25, 0.3) is 0 Å². The SMILES string of the molecule is O=C([O-])C1CCC1.O=C([O-])C1CCC1.O=C([O-])C1CCC1.O=C([O-])C1CCC1.[Zr+4]. The summed E-state index contributed by atoms with van der Waals surface area (Å²) in [6.45, 7) is 0. The number of carboxylic acids is 4. The Hall–Kier alpha value is -1.24. The topological polar surface area (TPSA) is 161 Å². The summed E-state index contributed by atoms with van der Waals surface area (Å²) in [6, 6.07) is 0. The molecule has 0 heterocycles. The molecule has 0 saturated heterocycles. The number of hydrogen-bond donors (Lipinski definition) is 0. The fourth-order valence-electron chi connectivity index (χ4n) is 2.58. The number of rotatable bonds is 4. The van der Waals surface area contributed by atoms with Gasteiger partial charge in [-0.1, -0.05) is 25.7 Å². The van der Waals surface area contributed by atoms with Crippen LogP contribution in [-0.2, 0) is 45.4 Å². The van der Waals surface area contributed by atoms with E-state index in [4.69, 9.17) is 0 Å². The third-order valence-corrected chi connectivity index (χ3v) is 5.75. The van der Waals surface area contributed by atoms with Crippen molar-refractivity contribution in [3.8, 4) is 0 Å². The van der Waals surface area contributed by atoms with Gasteiger partial charge in [0.1, 0.15) is 0 Å². The fraction of sp³-hybridized carbons (Fsp3) is 0.800. The van der Waals surface area contributed by atoms with Crippen molar-refractivity contribution in [2.45, 2.75) is 77.0 Å². The van der Waals surface area contributed by atoms with Gasteiger partial charge in [0.2, 0.25) is 0 Å². The monoisotopic (exact) mass is 486 g/mol. The zero-order valence-corrected chi connectivity index (χ0v) is 19.0. The van der Waals surface area contributed by atoms with Crippen LogP contribution in [0.3, 0.4) is 0 Å². The van der Waals surface area contributed by atoms with Crippen LogP contribution in [0.25, 0.3) is 0 Å². The van der Waals surface area contributed by atoms with Crippen molar-refractivity contribution in [2.24, 2.45) is 23.7 Å². The second-order valence-corrected chi connectivity index (χ2v) is 7.79. The van der Waals surface area contributed by atoms with Gasteiger partial charge in [-0.05, 0) is 75.0 Å². The third-order valence-electron chi connectivity index (χ3n) is 5.75. The van der Waals surface area contributed by atoms with Crippen molar-refractivity contribution in [3.63, 3.8) is 0 Å². The number of carbonyl (C=O) groups is 4. The van der Waals surface area contributed by atoms with Crippen LogP contribution in [0.1, 0.15) is 77.0 Å². The molecule has 4 fully saturated rings. The van der Waals surface area contributed by atoms with Gasteiger partial charge < -0.3 is 39.6 Å². The van der Waals surface area contributed by atoms with Crippen LogP contribution in [-0.4, -0.2) is 23.9 Å². The Kier molecular flexibility index (Phi) is 14.1. The minimum Gasteiger partial charge on any atom is -0.550 e. The Morgan fingerprint density at radius 3 is 0.552 bits per heavy atom. The van der Waals surface area contributed by atoms with E-state index in [-0.39, 0.29) is 49.9 Å². The molecule has 0 bridgehead atoms. The van der Waals surface area contributed by atoms with Crippen LogP contribution in [0.2, 0.25) is 0 Å². The summed E-state index contributed by atoms with van der Waals surface area (Å²) in [7, 11) is 0. The van der Waals surface area contributed by atoms with Gasteiger partial charge in [0, 0.05) is 23.9 Å². The molecule has 0 aliphatic heterocycles. The quantitative estimate of drug-likeness (QED) is 0.446. The molecule has 4 aliphatic rings. The van der Waals surface area contributed by atoms with E-state index in [1.54, 1.807) is 0 Å². The van der Waals surface area contributed by atoms with Crippen LogP contribution in [0.4, 0.5) is 0 Å². The number of carbonyl (C=O) groups excluding carboxylic acids is 4. The van der Waals surface area contributed by atoms with Crippen molar-refractivity contribution in [1.82, 2.24) is 0 Å². The summed E-state index contributed by atoms with van der Waals surface area (Å²) >= 11 is 0. The molecule has 0 spiro atoms. The summed E-state index contributed by atoms with van der Waals surface area (Å²) < 4.78 is 0. The van der Waals surface area contributed by atoms with Gasteiger partial charge in [-0.15, -0.1) is 0 Å². The zero-order chi connectivity index (χ0) is 21.1. The molecule has 4 aliphatic carbocycles. The summed E-state index contributed by atoms with van der Waals surface area (Å²) in [5, 5.41) is 39.5. The Morgan fingerprint density at radius 2 is 0.552 bits per heavy atom. The van der Waals surface area contributed by atoms with E-state index in [2.05, 4.69) is 0 Å². The van der Waals surface area contributed by atoms with E-state index in [9.17, 15) is 39.6 Å². The molecule has 0 aromatic carbocycles. The molecule has 0 unspecified atom stereocenters. The smallest absolute Gasteiger partial charge is 0.550 e. The summed E-state index contributed by atoms with van der Waals surface area (Å²) in [6.07, 6.45) is 11.0. The van der Waals surface area contributed by atoms with Gasteiger partial charge in [-0.2, -0.15) is 0 Å². The second-order valence-electron chi connectivity index (χ2n) is 7.79. The Balaban J connectivity index is 0.000000356. The largest absolute Gasteiger partial charge is 4.00 e. The standard InChI is InChI=1S/4C5H8O2.Zr/c4*6-5(7)4-2-1-3-4;/h4*4H,1-3H2,(H,6,7);/q;;;;+4/p-4. The molecular weight excluding hydrogens is 459 g/mol. The summed E-state index contributed by atoms with van der Waals surface area (Å²) in [5.74, 6) is -3.92. The van der Waals surface area contributed by atoms with E-state index in [1.165, 1.54) is 0 Å². The van der Waals surface area contributed by atoms with E-state index in [1.807, 2.05) is 0 Å². The van der Waals surface area contributed by atoms with Gasteiger partial charge >= 0.3 is 26.2 Å². The number of hydrogen-bond acceptors (Lipinski definition) is 8. The molecule has 0 radical (unpaired) electrons. The van der Waals surface area contributed by atoms with E-state index < -0.39 is 23.9 Å². The number of aliphatic carboxylic acids is 4. The van der Waals surface area contributed by atoms with E-state index >= 15 is 0 Å². The normalized spacial score (nSPS) is 20.4. The van der Waals surface area contributed by atoms with Gasteiger partial charge in [0.05, 0.1) is 0 Å². The van der Waals surface area contributed by atoms with E-state index in [0.29, 0.717) is 0 Å². The van der Waals surface area contributed by atoms with Gasteiger partial charge in [-0.3, -0.25) is 0 Å². The maximum atomic E-state index is 9.87. The first kappa shape index (κ1) is 27.8. The maximum Gasteiger partial charge on any atom is 4.00 e. The molecule has 4 rings (SSSR count). The van der Waals surface area contributed by atoms with Crippen molar-refractivity contribution >= 4 is 23.9 Å². The van der Waals surface area contributed by atoms with Crippen LogP contribution < -0.4 is 20.4 Å². The fourth-order valence-corrected chi connectivity index (χ4v) is 2.58. The van der Waals surface area contributed by atoms with Crippen LogP contribution >= 0.6 is 0 Å². The Morgan fingerprint density at radius 1 is 0.414 bits per heavy atom. The van der Waals surface area contributed by atoms with Gasteiger partial charge in [-0.25, -0.2) is 0 Å². The molecule has 4 saturated carbocycles. The van der Waals surface area contributed by atoms with E-state index in [0.717, 1.165) is 77.0 Å². The maximum absolute atomic E-state index is 9.87. The Labute approximate surface area is 190 Å². The molecule has 0 amide bonds. The molecule has 0 N–H and O–H groups in total. The number of carboxylic acid groups (broad SMARTS) is 4. The first-order valence-electron chi connectivity index (χ1n) is 10.1. The van der Waals surface area contributed by atoms with Crippen LogP contribution in [0, 0.1) is 23.7 Å². The molecule has 29 heavy (non-hydrogen) atoms. The Bertz CT molecular complexity index is 439. The summed E-state index contributed by atoms with van der Waals surface area (Å²) in [4.78, 5) is 39.5. The van der Waals surface area contributed by atoms with Gasteiger partial charge in [0.15, 0.2) is 0 Å². The van der Waals surface area contributed by atoms with Crippen molar-refractivity contribution in [1.29, 1.82) is 0 Å². The third kappa shape index (κ3) is 10.9. The molecule has 0 aromatic heterocycles. The minimum absolute atomic E-state index is 0. The zero-order valence-electron chi connectivity index (χ0n) is 16.6. The molecule has 160 valence electrons. The molecular formula is C20H28O8Zr. The average Bonchev–Trinajstić information content (AvgIpc) is 2.28. The predicted molar refractivity (Wildman–Crippen MR) is 89.4 cm³/mol. The van der Waals surface area contributed by atoms with Crippen LogP contribution in [0.5, 0.6) is 0 Å². The first-order valence-corrected chi connectivity index (χ1v) is 10.1. The van der Waals surface area contributed by atoms with Crippen molar-refractivity contribution in [2.75, 3.05) is 0 Å². The predicted octanol–water partition coefficient (Wildman–Crippen LogP) is -1.86. The van der Waals surface area contributed by atoms with Crippen molar-refractivity contribution < 1.29 is 65.8 Å². The van der Waals surface area contributed by atoms with Crippen LogP contribution in [0.15, 0.2) is 0 Å². The molecule has 8 nitrogen and oxygen atoms in total. The summed E-state index contributed by atoms with van der Waals surface area (Å²) in [5.41, 5.74) is 0. The molecule has 0 atom stereocenters. The second kappa shape index (κ2) is 14.7. The molecule has 0 aromatic rings. The van der Waals surface area contributed by atoms with Crippen molar-refractivity contribution in [3.05, 3.63) is 0 Å². The molecule has 9 heteroatoms. The first-order chi connectivity index (χ1) is 13.2.